The first kappa shape index (κ1) is 13.3. The number of nitrogens with zero attached hydrogens (tertiary/aromatic N) is 1. The smallest absolute Gasteiger partial charge is 0.347 e. The lowest BCUT2D eigenvalue weighted by molar-refractivity contribution is 0.0697. The molecule has 2 rings (SSSR count). The fraction of sp³-hybridized carbons (Fsp3) is 0.167. The van der Waals surface area contributed by atoms with Crippen molar-refractivity contribution in [2.45, 2.75) is 6.61 Å². The van der Waals surface area contributed by atoms with E-state index in [2.05, 4.69) is 4.98 Å². The largest absolute Gasteiger partial charge is 0.504 e. The first-order valence-corrected chi connectivity index (χ1v) is 6.09. The van der Waals surface area contributed by atoms with Gasteiger partial charge in [-0.05, 0) is 18.2 Å². The molecule has 2 aromatic rings. The van der Waals surface area contributed by atoms with Crippen molar-refractivity contribution in [3.05, 3.63) is 28.8 Å². The van der Waals surface area contributed by atoms with Gasteiger partial charge in [-0.3, -0.25) is 0 Å². The standard InChI is InChI=1S/C12H11NO5S/c1-18-5-7-10(12(16)17)19-11(13-7)6-2-3-8(14)9(15)4-6/h2-4,14-15H,5H2,1H3,(H,16,17). The average Bonchev–Trinajstić information content (AvgIpc) is 2.77. The third-order valence-electron chi connectivity index (χ3n) is 2.40. The van der Waals surface area contributed by atoms with Crippen LogP contribution in [0.3, 0.4) is 0 Å². The van der Waals surface area contributed by atoms with E-state index in [0.717, 1.165) is 11.3 Å². The minimum atomic E-state index is -1.07. The highest BCUT2D eigenvalue weighted by molar-refractivity contribution is 7.17. The quantitative estimate of drug-likeness (QED) is 0.742. The van der Waals surface area contributed by atoms with Gasteiger partial charge in [0.2, 0.25) is 0 Å². The number of carboxylic acid groups (broad SMARTS) is 1. The second-order valence-electron chi connectivity index (χ2n) is 3.74. The van der Waals surface area contributed by atoms with Gasteiger partial charge in [0.25, 0.3) is 0 Å². The van der Waals surface area contributed by atoms with Crippen LogP contribution in [0.25, 0.3) is 10.6 Å². The highest BCUT2D eigenvalue weighted by atomic mass is 32.1. The summed E-state index contributed by atoms with van der Waals surface area (Å²) in [5.41, 5.74) is 0.868. The Kier molecular flexibility index (Phi) is 3.68. The fourth-order valence-corrected chi connectivity index (χ4v) is 2.44. The van der Waals surface area contributed by atoms with Gasteiger partial charge in [0.15, 0.2) is 11.5 Å². The lowest BCUT2D eigenvalue weighted by Gasteiger charge is -1.99. The molecule has 100 valence electrons. The van der Waals surface area contributed by atoms with E-state index in [4.69, 9.17) is 9.84 Å². The molecule has 0 unspecified atom stereocenters. The van der Waals surface area contributed by atoms with Gasteiger partial charge in [-0.1, -0.05) is 0 Å². The molecule has 1 aromatic heterocycles. The highest BCUT2D eigenvalue weighted by Crippen LogP contribution is 2.34. The van der Waals surface area contributed by atoms with E-state index in [1.807, 2.05) is 0 Å². The molecule has 0 aliphatic carbocycles. The van der Waals surface area contributed by atoms with E-state index >= 15 is 0 Å². The number of carbonyl (C=O) groups is 1. The third-order valence-corrected chi connectivity index (χ3v) is 3.53. The summed E-state index contributed by atoms with van der Waals surface area (Å²) in [6.07, 6.45) is 0. The number of aromatic carboxylic acids is 1. The molecule has 0 saturated carbocycles. The topological polar surface area (TPSA) is 99.9 Å². The Morgan fingerprint density at radius 3 is 2.68 bits per heavy atom. The molecule has 0 fully saturated rings. The first-order valence-electron chi connectivity index (χ1n) is 5.27. The van der Waals surface area contributed by atoms with Gasteiger partial charge in [-0.2, -0.15) is 0 Å². The molecule has 3 N–H and O–H groups in total. The fourth-order valence-electron chi connectivity index (χ4n) is 1.53. The maximum absolute atomic E-state index is 11.1. The number of aromatic hydroxyl groups is 2. The third kappa shape index (κ3) is 2.67. The lowest BCUT2D eigenvalue weighted by atomic mass is 10.2. The van der Waals surface area contributed by atoms with Crippen LogP contribution in [0.15, 0.2) is 18.2 Å². The van der Waals surface area contributed by atoms with Crippen LogP contribution in [-0.4, -0.2) is 33.4 Å². The number of aromatic nitrogens is 1. The van der Waals surface area contributed by atoms with Crippen LogP contribution in [0.5, 0.6) is 11.5 Å². The Morgan fingerprint density at radius 2 is 2.11 bits per heavy atom. The van der Waals surface area contributed by atoms with Crippen LogP contribution in [0, 0.1) is 0 Å². The van der Waals surface area contributed by atoms with Crippen LogP contribution in [0.4, 0.5) is 0 Å². The number of methoxy groups -OCH3 is 1. The van der Waals surface area contributed by atoms with Crippen LogP contribution in [0.1, 0.15) is 15.4 Å². The molecular formula is C12H11NO5S. The van der Waals surface area contributed by atoms with E-state index < -0.39 is 5.97 Å². The number of carboxylic acids is 1. The molecule has 1 aromatic carbocycles. The number of phenolic OH excluding ortho intramolecular Hbond substituents is 2. The van der Waals surface area contributed by atoms with Crippen molar-refractivity contribution in [1.82, 2.24) is 4.98 Å². The molecule has 0 radical (unpaired) electrons. The van der Waals surface area contributed by atoms with Gasteiger partial charge >= 0.3 is 5.97 Å². The Morgan fingerprint density at radius 1 is 1.37 bits per heavy atom. The van der Waals surface area contributed by atoms with Crippen molar-refractivity contribution < 1.29 is 24.9 Å². The number of rotatable bonds is 4. The minimum absolute atomic E-state index is 0.0994. The monoisotopic (exact) mass is 281 g/mol. The van der Waals surface area contributed by atoms with Gasteiger partial charge in [-0.25, -0.2) is 9.78 Å². The summed E-state index contributed by atoms with van der Waals surface area (Å²) >= 11 is 0.992. The molecule has 0 bridgehead atoms. The summed E-state index contributed by atoms with van der Waals surface area (Å²) in [6, 6.07) is 4.20. The average molecular weight is 281 g/mol. The van der Waals surface area contributed by atoms with Gasteiger partial charge in [0, 0.05) is 12.7 Å². The van der Waals surface area contributed by atoms with Crippen LogP contribution >= 0.6 is 11.3 Å². The molecule has 0 saturated heterocycles. The molecule has 6 nitrogen and oxygen atoms in total. The number of hydrogen-bond acceptors (Lipinski definition) is 6. The maximum Gasteiger partial charge on any atom is 0.347 e. The van der Waals surface area contributed by atoms with Gasteiger partial charge in [0.05, 0.1) is 12.3 Å². The number of ether oxygens (including phenoxy) is 1. The van der Waals surface area contributed by atoms with Gasteiger partial charge in [0.1, 0.15) is 9.88 Å². The van der Waals surface area contributed by atoms with Gasteiger partial charge in [-0.15, -0.1) is 11.3 Å². The van der Waals surface area contributed by atoms with Crippen LogP contribution in [-0.2, 0) is 11.3 Å². The molecule has 1 heterocycles. The molecule has 7 heteroatoms. The number of hydrogen-bond donors (Lipinski definition) is 3. The van der Waals surface area contributed by atoms with Crippen molar-refractivity contribution in [1.29, 1.82) is 0 Å². The van der Waals surface area contributed by atoms with Crippen molar-refractivity contribution in [3.63, 3.8) is 0 Å². The predicted molar refractivity (Wildman–Crippen MR) is 68.6 cm³/mol. The number of phenols is 2. The normalized spacial score (nSPS) is 10.6. The summed E-state index contributed by atoms with van der Waals surface area (Å²) < 4.78 is 4.90. The Hall–Kier alpha value is -2.12. The zero-order valence-electron chi connectivity index (χ0n) is 9.95. The van der Waals surface area contributed by atoms with Crippen molar-refractivity contribution in [2.24, 2.45) is 0 Å². The molecule has 0 atom stereocenters. The zero-order valence-corrected chi connectivity index (χ0v) is 10.8. The van der Waals surface area contributed by atoms with E-state index in [1.165, 1.54) is 19.2 Å². The second kappa shape index (κ2) is 5.25. The summed E-state index contributed by atoms with van der Waals surface area (Å²) in [6.45, 7) is 0.0994. The molecular weight excluding hydrogens is 270 g/mol. The van der Waals surface area contributed by atoms with Crippen molar-refractivity contribution in [2.75, 3.05) is 7.11 Å². The van der Waals surface area contributed by atoms with Gasteiger partial charge < -0.3 is 20.1 Å². The van der Waals surface area contributed by atoms with E-state index in [9.17, 15) is 15.0 Å². The summed E-state index contributed by atoms with van der Waals surface area (Å²) in [5.74, 6) is -1.59. The molecule has 0 spiro atoms. The molecule has 0 aliphatic heterocycles. The van der Waals surface area contributed by atoms with E-state index in [-0.39, 0.29) is 23.0 Å². The molecule has 0 amide bonds. The van der Waals surface area contributed by atoms with Crippen LogP contribution < -0.4 is 0 Å². The highest BCUT2D eigenvalue weighted by Gasteiger charge is 2.18. The van der Waals surface area contributed by atoms with Crippen molar-refractivity contribution in [3.8, 4) is 22.1 Å². The lowest BCUT2D eigenvalue weighted by Crippen LogP contribution is -1.99. The zero-order chi connectivity index (χ0) is 14.0. The second-order valence-corrected chi connectivity index (χ2v) is 4.74. The molecule has 0 aliphatic rings. The summed E-state index contributed by atoms with van der Waals surface area (Å²) in [7, 11) is 1.46. The Labute approximate surface area is 112 Å². The van der Waals surface area contributed by atoms with Crippen molar-refractivity contribution >= 4 is 17.3 Å². The Balaban J connectivity index is 2.47. The molecule has 19 heavy (non-hydrogen) atoms. The summed E-state index contributed by atoms with van der Waals surface area (Å²) in [5, 5.41) is 28.2. The Bertz CT molecular complexity index is 623. The van der Waals surface area contributed by atoms with E-state index in [1.54, 1.807) is 6.07 Å². The summed E-state index contributed by atoms with van der Waals surface area (Å²) in [4.78, 5) is 15.4. The van der Waals surface area contributed by atoms with E-state index in [0.29, 0.717) is 16.3 Å². The minimum Gasteiger partial charge on any atom is -0.504 e. The maximum atomic E-state index is 11.1. The van der Waals surface area contributed by atoms with Crippen LogP contribution in [0.2, 0.25) is 0 Å². The SMILES string of the molecule is COCc1nc(-c2ccc(O)c(O)c2)sc1C(=O)O. The number of benzene rings is 1. The predicted octanol–water partition coefficient (Wildman–Crippen LogP) is 2.07. The first-order chi connectivity index (χ1) is 9.02. The number of thiazole rings is 1.